The molecule has 4 N–H and O–H groups in total. The van der Waals surface area contributed by atoms with Crippen LogP contribution in [0.1, 0.15) is 28.8 Å². The van der Waals surface area contributed by atoms with E-state index in [-0.39, 0.29) is 5.91 Å². The predicted molar refractivity (Wildman–Crippen MR) is 67.7 cm³/mol. The van der Waals surface area contributed by atoms with Crippen molar-refractivity contribution in [3.8, 4) is 0 Å². The second-order valence-corrected chi connectivity index (χ2v) is 4.49. The number of nitrogens with one attached hydrogen (secondary N) is 2. The topological polar surface area (TPSA) is 67.2 Å². The third-order valence-electron chi connectivity index (χ3n) is 3.10. The summed E-state index contributed by atoms with van der Waals surface area (Å²) in [7, 11) is 0. The van der Waals surface area contributed by atoms with Crippen LogP contribution in [-0.4, -0.2) is 25.0 Å². The zero-order valence-electron chi connectivity index (χ0n) is 9.91. The van der Waals surface area contributed by atoms with Gasteiger partial charge in [0.2, 0.25) is 5.91 Å². The van der Waals surface area contributed by atoms with Crippen LogP contribution >= 0.6 is 0 Å². The Kier molecular flexibility index (Phi) is 4.12. The van der Waals surface area contributed by atoms with E-state index in [0.29, 0.717) is 11.6 Å². The highest BCUT2D eigenvalue weighted by atomic mass is 16.1. The van der Waals surface area contributed by atoms with Crippen LogP contribution in [0, 0.1) is 0 Å². The first-order valence-corrected chi connectivity index (χ1v) is 6.08. The smallest absolute Gasteiger partial charge is 0.248 e. The van der Waals surface area contributed by atoms with E-state index in [2.05, 4.69) is 10.6 Å². The molecular formula is C13H19N3O. The summed E-state index contributed by atoms with van der Waals surface area (Å²) < 4.78 is 0. The Balaban J connectivity index is 1.89. The number of hydrogen-bond donors (Lipinski definition) is 3. The number of piperidine rings is 1. The standard InChI is InChI=1S/C13H19N3O/c14-13(17)11-4-1-3-10(7-11)8-16-12-5-2-6-15-9-12/h1,3-4,7,12,15-16H,2,5-6,8-9H2,(H2,14,17). The quantitative estimate of drug-likeness (QED) is 0.714. The van der Waals surface area contributed by atoms with Gasteiger partial charge in [0, 0.05) is 24.7 Å². The summed E-state index contributed by atoms with van der Waals surface area (Å²) in [5.41, 5.74) is 6.93. The molecule has 1 aromatic rings. The van der Waals surface area contributed by atoms with Crippen molar-refractivity contribution >= 4 is 5.91 Å². The van der Waals surface area contributed by atoms with Gasteiger partial charge in [0.15, 0.2) is 0 Å². The largest absolute Gasteiger partial charge is 0.366 e. The summed E-state index contributed by atoms with van der Waals surface area (Å²) in [5, 5.41) is 6.85. The fourth-order valence-electron chi connectivity index (χ4n) is 2.12. The molecule has 4 heteroatoms. The molecule has 1 aliphatic heterocycles. The molecule has 1 atom stereocenters. The fourth-order valence-corrected chi connectivity index (χ4v) is 2.12. The molecule has 4 nitrogen and oxygen atoms in total. The Hall–Kier alpha value is -1.39. The molecule has 0 spiro atoms. The van der Waals surface area contributed by atoms with Gasteiger partial charge in [0.1, 0.15) is 0 Å². The first kappa shape index (κ1) is 12.1. The number of primary amides is 1. The summed E-state index contributed by atoms with van der Waals surface area (Å²) in [6.45, 7) is 2.93. The molecule has 1 amide bonds. The molecule has 2 rings (SSSR count). The Morgan fingerprint density at radius 2 is 2.41 bits per heavy atom. The molecule has 1 fully saturated rings. The van der Waals surface area contributed by atoms with Crippen LogP contribution in [0.25, 0.3) is 0 Å². The van der Waals surface area contributed by atoms with Crippen molar-refractivity contribution in [2.45, 2.75) is 25.4 Å². The molecule has 1 aliphatic rings. The second-order valence-electron chi connectivity index (χ2n) is 4.49. The predicted octanol–water partition coefficient (Wildman–Crippen LogP) is 0.627. The van der Waals surface area contributed by atoms with Gasteiger partial charge in [-0.15, -0.1) is 0 Å². The SMILES string of the molecule is NC(=O)c1cccc(CNC2CCCNC2)c1. The van der Waals surface area contributed by atoms with Crippen molar-refractivity contribution in [2.75, 3.05) is 13.1 Å². The second kappa shape index (κ2) is 5.80. The van der Waals surface area contributed by atoms with E-state index in [9.17, 15) is 4.79 Å². The van der Waals surface area contributed by atoms with Gasteiger partial charge in [-0.05, 0) is 37.1 Å². The number of rotatable bonds is 4. The molecule has 1 aromatic carbocycles. The molecular weight excluding hydrogens is 214 g/mol. The van der Waals surface area contributed by atoms with Crippen LogP contribution in [0.4, 0.5) is 0 Å². The molecule has 0 aliphatic carbocycles. The number of carbonyl (C=O) groups excluding carboxylic acids is 1. The van der Waals surface area contributed by atoms with Gasteiger partial charge < -0.3 is 16.4 Å². The van der Waals surface area contributed by atoms with Crippen LogP contribution in [0.5, 0.6) is 0 Å². The molecule has 92 valence electrons. The highest BCUT2D eigenvalue weighted by molar-refractivity contribution is 5.92. The normalized spacial score (nSPS) is 20.1. The lowest BCUT2D eigenvalue weighted by Gasteiger charge is -2.24. The van der Waals surface area contributed by atoms with E-state index >= 15 is 0 Å². The van der Waals surface area contributed by atoms with Crippen LogP contribution in [0.15, 0.2) is 24.3 Å². The Bertz CT molecular complexity index is 386. The van der Waals surface area contributed by atoms with Gasteiger partial charge in [-0.1, -0.05) is 12.1 Å². The lowest BCUT2D eigenvalue weighted by Crippen LogP contribution is -2.42. The van der Waals surface area contributed by atoms with E-state index in [4.69, 9.17) is 5.73 Å². The fraction of sp³-hybridized carbons (Fsp3) is 0.462. The molecule has 1 saturated heterocycles. The van der Waals surface area contributed by atoms with Gasteiger partial charge in [0.25, 0.3) is 0 Å². The van der Waals surface area contributed by atoms with Gasteiger partial charge in [0.05, 0.1) is 0 Å². The van der Waals surface area contributed by atoms with Crippen LogP contribution in [0.3, 0.4) is 0 Å². The van der Waals surface area contributed by atoms with Crippen molar-refractivity contribution in [2.24, 2.45) is 5.73 Å². The minimum absolute atomic E-state index is 0.369. The number of amides is 1. The molecule has 17 heavy (non-hydrogen) atoms. The van der Waals surface area contributed by atoms with Gasteiger partial charge >= 0.3 is 0 Å². The minimum Gasteiger partial charge on any atom is -0.366 e. The van der Waals surface area contributed by atoms with E-state index in [1.165, 1.54) is 12.8 Å². The summed E-state index contributed by atoms with van der Waals surface area (Å²) in [5.74, 6) is -0.369. The van der Waals surface area contributed by atoms with Crippen molar-refractivity contribution in [3.05, 3.63) is 35.4 Å². The van der Waals surface area contributed by atoms with Gasteiger partial charge in [-0.3, -0.25) is 4.79 Å². The van der Waals surface area contributed by atoms with E-state index in [1.54, 1.807) is 6.07 Å². The average molecular weight is 233 g/mol. The van der Waals surface area contributed by atoms with Crippen LogP contribution < -0.4 is 16.4 Å². The average Bonchev–Trinajstić information content (AvgIpc) is 2.38. The zero-order chi connectivity index (χ0) is 12.1. The Morgan fingerprint density at radius 3 is 3.12 bits per heavy atom. The van der Waals surface area contributed by atoms with Crippen molar-refractivity contribution in [3.63, 3.8) is 0 Å². The maximum absolute atomic E-state index is 11.1. The number of benzene rings is 1. The summed E-state index contributed by atoms with van der Waals surface area (Å²) in [4.78, 5) is 11.1. The molecule has 1 unspecified atom stereocenters. The Labute approximate surface area is 102 Å². The van der Waals surface area contributed by atoms with Crippen LogP contribution in [0.2, 0.25) is 0 Å². The monoisotopic (exact) mass is 233 g/mol. The molecule has 0 saturated carbocycles. The minimum atomic E-state index is -0.369. The van der Waals surface area contributed by atoms with Crippen molar-refractivity contribution in [1.29, 1.82) is 0 Å². The van der Waals surface area contributed by atoms with Crippen molar-refractivity contribution < 1.29 is 4.79 Å². The summed E-state index contributed by atoms with van der Waals surface area (Å²) in [6.07, 6.45) is 2.43. The van der Waals surface area contributed by atoms with E-state index in [1.807, 2.05) is 18.2 Å². The zero-order valence-corrected chi connectivity index (χ0v) is 9.91. The number of hydrogen-bond acceptors (Lipinski definition) is 3. The molecule has 0 radical (unpaired) electrons. The van der Waals surface area contributed by atoms with Gasteiger partial charge in [-0.2, -0.15) is 0 Å². The summed E-state index contributed by atoms with van der Waals surface area (Å²) >= 11 is 0. The van der Waals surface area contributed by atoms with E-state index in [0.717, 1.165) is 25.2 Å². The third-order valence-corrected chi connectivity index (χ3v) is 3.10. The highest BCUT2D eigenvalue weighted by Crippen LogP contribution is 2.07. The highest BCUT2D eigenvalue weighted by Gasteiger charge is 2.11. The van der Waals surface area contributed by atoms with Crippen molar-refractivity contribution in [1.82, 2.24) is 10.6 Å². The number of carbonyl (C=O) groups is 1. The lowest BCUT2D eigenvalue weighted by atomic mass is 10.1. The Morgan fingerprint density at radius 1 is 1.53 bits per heavy atom. The maximum Gasteiger partial charge on any atom is 0.248 e. The van der Waals surface area contributed by atoms with E-state index < -0.39 is 0 Å². The first-order chi connectivity index (χ1) is 8.25. The van der Waals surface area contributed by atoms with Crippen LogP contribution in [-0.2, 0) is 6.54 Å². The molecule has 1 heterocycles. The summed E-state index contributed by atoms with van der Waals surface area (Å²) in [6, 6.07) is 8.01. The number of nitrogens with two attached hydrogens (primary N) is 1. The maximum atomic E-state index is 11.1. The molecule has 0 bridgehead atoms. The molecule has 0 aromatic heterocycles. The van der Waals surface area contributed by atoms with Gasteiger partial charge in [-0.25, -0.2) is 0 Å². The first-order valence-electron chi connectivity index (χ1n) is 6.08. The lowest BCUT2D eigenvalue weighted by molar-refractivity contribution is 0.1000. The third kappa shape index (κ3) is 3.54.